The minimum atomic E-state index is 0.242. The van der Waals surface area contributed by atoms with Gasteiger partial charge in [-0.15, -0.1) is 11.3 Å². The number of piperazine rings is 1. The van der Waals surface area contributed by atoms with Crippen molar-refractivity contribution < 1.29 is 19.3 Å². The zero-order valence-electron chi connectivity index (χ0n) is 17.5. The van der Waals surface area contributed by atoms with E-state index in [1.165, 1.54) is 26.5 Å². The minimum Gasteiger partial charge on any atom is -0.496 e. The Morgan fingerprint density at radius 1 is 1.14 bits per heavy atom. The average Bonchev–Trinajstić information content (AvgIpc) is 3.08. The number of benzene rings is 1. The third kappa shape index (κ3) is 5.34. The lowest BCUT2D eigenvalue weighted by Crippen LogP contribution is -3.28. The smallest absolute Gasteiger partial charge is 0.277 e. The summed E-state index contributed by atoms with van der Waals surface area (Å²) in [5.74, 6) is 1.22. The number of hydrogen-bond donors (Lipinski definition) is 2. The van der Waals surface area contributed by atoms with Gasteiger partial charge in [0.05, 0.1) is 13.7 Å². The van der Waals surface area contributed by atoms with Crippen molar-refractivity contribution in [3.05, 3.63) is 51.2 Å². The molecule has 2 heterocycles. The van der Waals surface area contributed by atoms with Crippen LogP contribution in [0.1, 0.15) is 21.6 Å². The van der Waals surface area contributed by atoms with Crippen LogP contribution in [-0.2, 0) is 17.9 Å². The highest BCUT2D eigenvalue weighted by atomic mass is 32.1. The van der Waals surface area contributed by atoms with Gasteiger partial charge in [0.15, 0.2) is 6.54 Å². The van der Waals surface area contributed by atoms with Crippen molar-refractivity contribution in [3.8, 4) is 5.75 Å². The van der Waals surface area contributed by atoms with E-state index < -0.39 is 0 Å². The molecule has 0 spiro atoms. The number of hydrogen-bond acceptors (Lipinski definition) is 3. The lowest BCUT2D eigenvalue weighted by Gasteiger charge is -2.30. The fourth-order valence-electron chi connectivity index (χ4n) is 3.84. The average molecular weight is 404 g/mol. The normalized spacial score (nSPS) is 19.4. The summed E-state index contributed by atoms with van der Waals surface area (Å²) in [5.41, 5.74) is 3.83. The summed E-state index contributed by atoms with van der Waals surface area (Å²) in [7, 11) is 3.66. The summed E-state index contributed by atoms with van der Waals surface area (Å²) in [5, 5.41) is 2.10. The number of methoxy groups -OCH3 is 1. The van der Waals surface area contributed by atoms with E-state index in [2.05, 4.69) is 43.5 Å². The molecule has 0 aliphatic carbocycles. The van der Waals surface area contributed by atoms with Crippen molar-refractivity contribution in [2.45, 2.75) is 26.9 Å². The molecule has 0 atom stereocenters. The number of amides is 1. The van der Waals surface area contributed by atoms with E-state index in [1.807, 2.05) is 11.9 Å². The van der Waals surface area contributed by atoms with E-state index in [-0.39, 0.29) is 5.91 Å². The van der Waals surface area contributed by atoms with Gasteiger partial charge in [-0.1, -0.05) is 11.6 Å². The monoisotopic (exact) mass is 403 g/mol. The predicted octanol–water partition coefficient (Wildman–Crippen LogP) is 0.316. The molecule has 1 aliphatic rings. The number of quaternary nitrogens is 2. The number of aryl methyl sites for hydroxylation is 2. The van der Waals surface area contributed by atoms with Crippen LogP contribution in [0.4, 0.5) is 0 Å². The molecule has 2 N–H and O–H groups in total. The number of carbonyl (C=O) groups excluding carboxylic acids is 1. The van der Waals surface area contributed by atoms with Crippen LogP contribution >= 0.6 is 11.3 Å². The topological polar surface area (TPSA) is 38.4 Å². The largest absolute Gasteiger partial charge is 0.496 e. The minimum absolute atomic E-state index is 0.242. The second-order valence-corrected chi connectivity index (χ2v) is 8.95. The van der Waals surface area contributed by atoms with E-state index in [4.69, 9.17) is 4.74 Å². The zero-order chi connectivity index (χ0) is 20.1. The SMILES string of the molecule is COc1ccc(C)cc1C[NH+]1CC[NH+](CC(=O)N(C)Cc2sccc2C)CC1. The Balaban J connectivity index is 1.47. The highest BCUT2D eigenvalue weighted by molar-refractivity contribution is 7.10. The molecule has 1 saturated heterocycles. The van der Waals surface area contributed by atoms with Crippen molar-refractivity contribution in [2.75, 3.05) is 46.9 Å². The summed E-state index contributed by atoms with van der Waals surface area (Å²) in [6.45, 7) is 10.8. The first kappa shape index (κ1) is 20.8. The molecular weight excluding hydrogens is 370 g/mol. The maximum absolute atomic E-state index is 12.6. The van der Waals surface area contributed by atoms with Crippen LogP contribution in [0.5, 0.6) is 5.75 Å². The van der Waals surface area contributed by atoms with Crippen molar-refractivity contribution in [2.24, 2.45) is 0 Å². The fourth-order valence-corrected chi connectivity index (χ4v) is 4.80. The molecule has 3 rings (SSSR count). The van der Waals surface area contributed by atoms with Gasteiger partial charge in [0.2, 0.25) is 0 Å². The van der Waals surface area contributed by atoms with Gasteiger partial charge in [-0.3, -0.25) is 4.79 Å². The Bertz CT molecular complexity index is 797. The van der Waals surface area contributed by atoms with Gasteiger partial charge in [-0.2, -0.15) is 0 Å². The molecule has 6 heteroatoms. The lowest BCUT2D eigenvalue weighted by molar-refractivity contribution is -1.02. The summed E-state index contributed by atoms with van der Waals surface area (Å²) in [4.78, 5) is 18.8. The number of likely N-dealkylation sites (N-methyl/N-ethyl adjacent to an activating group) is 1. The standard InChI is InChI=1S/C22H31N3O2S/c1-17-5-6-20(27-4)19(13-17)14-24-8-10-25(11-9-24)16-22(26)23(3)15-21-18(2)7-12-28-21/h5-7,12-13H,8-11,14-16H2,1-4H3/p+2. The maximum atomic E-state index is 12.6. The molecule has 152 valence electrons. The Hall–Kier alpha value is -1.89. The molecule has 1 aromatic carbocycles. The first-order valence-corrected chi connectivity index (χ1v) is 10.9. The quantitative estimate of drug-likeness (QED) is 0.699. The van der Waals surface area contributed by atoms with Crippen LogP contribution in [0.3, 0.4) is 0 Å². The Morgan fingerprint density at radius 2 is 1.86 bits per heavy atom. The van der Waals surface area contributed by atoms with Crippen LogP contribution in [0.15, 0.2) is 29.6 Å². The Kier molecular flexibility index (Phi) is 7.10. The van der Waals surface area contributed by atoms with Crippen molar-refractivity contribution in [3.63, 3.8) is 0 Å². The molecule has 0 unspecified atom stereocenters. The van der Waals surface area contributed by atoms with Gasteiger partial charge < -0.3 is 19.4 Å². The van der Waals surface area contributed by atoms with Gasteiger partial charge in [-0.05, 0) is 43.0 Å². The van der Waals surface area contributed by atoms with Crippen LogP contribution in [0.25, 0.3) is 0 Å². The highest BCUT2D eigenvalue weighted by Crippen LogP contribution is 2.18. The van der Waals surface area contributed by atoms with Gasteiger partial charge >= 0.3 is 0 Å². The zero-order valence-corrected chi connectivity index (χ0v) is 18.3. The molecule has 0 bridgehead atoms. The third-order valence-electron chi connectivity index (χ3n) is 5.72. The maximum Gasteiger partial charge on any atom is 0.277 e. The highest BCUT2D eigenvalue weighted by Gasteiger charge is 2.26. The molecule has 1 aromatic heterocycles. The van der Waals surface area contributed by atoms with Crippen LogP contribution in [0.2, 0.25) is 0 Å². The van der Waals surface area contributed by atoms with Crippen molar-refractivity contribution >= 4 is 17.2 Å². The first-order valence-electron chi connectivity index (χ1n) is 10.0. The molecule has 28 heavy (non-hydrogen) atoms. The summed E-state index contributed by atoms with van der Waals surface area (Å²) in [6, 6.07) is 8.51. The van der Waals surface area contributed by atoms with Gasteiger partial charge in [-0.25, -0.2) is 0 Å². The molecular formula is C22H33N3O2S+2. The number of carbonyl (C=O) groups is 1. The second-order valence-electron chi connectivity index (χ2n) is 7.95. The molecule has 0 saturated carbocycles. The summed E-state index contributed by atoms with van der Waals surface area (Å²) < 4.78 is 5.53. The Morgan fingerprint density at radius 3 is 2.50 bits per heavy atom. The van der Waals surface area contributed by atoms with Crippen LogP contribution in [0, 0.1) is 13.8 Å². The summed E-state index contributed by atoms with van der Waals surface area (Å²) >= 11 is 1.73. The molecule has 1 fully saturated rings. The van der Waals surface area contributed by atoms with Gasteiger partial charge in [0.1, 0.15) is 38.5 Å². The third-order valence-corrected chi connectivity index (χ3v) is 6.72. The van der Waals surface area contributed by atoms with E-state index in [0.717, 1.165) is 45.0 Å². The van der Waals surface area contributed by atoms with Crippen molar-refractivity contribution in [1.29, 1.82) is 0 Å². The second kappa shape index (κ2) is 9.54. The van der Waals surface area contributed by atoms with Gasteiger partial charge in [0.25, 0.3) is 5.91 Å². The van der Waals surface area contributed by atoms with E-state index in [1.54, 1.807) is 23.3 Å². The first-order chi connectivity index (χ1) is 13.5. The predicted molar refractivity (Wildman–Crippen MR) is 113 cm³/mol. The lowest BCUT2D eigenvalue weighted by atomic mass is 10.1. The Labute approximate surface area is 172 Å². The number of nitrogens with one attached hydrogen (secondary N) is 2. The summed E-state index contributed by atoms with van der Waals surface area (Å²) in [6.07, 6.45) is 0. The number of nitrogens with zero attached hydrogens (tertiary/aromatic N) is 1. The molecule has 5 nitrogen and oxygen atoms in total. The van der Waals surface area contributed by atoms with E-state index in [9.17, 15) is 4.79 Å². The van der Waals surface area contributed by atoms with E-state index >= 15 is 0 Å². The number of ether oxygens (including phenoxy) is 1. The van der Waals surface area contributed by atoms with Gasteiger partial charge in [0, 0.05) is 17.5 Å². The molecule has 1 aliphatic heterocycles. The molecule has 1 amide bonds. The number of rotatable bonds is 7. The molecule has 0 radical (unpaired) electrons. The number of thiophene rings is 1. The van der Waals surface area contributed by atoms with Crippen LogP contribution < -0.4 is 14.5 Å². The fraction of sp³-hybridized carbons (Fsp3) is 0.500. The van der Waals surface area contributed by atoms with Crippen LogP contribution in [-0.4, -0.2) is 57.7 Å². The van der Waals surface area contributed by atoms with Crippen molar-refractivity contribution in [1.82, 2.24) is 4.90 Å². The molecule has 2 aromatic rings. The van der Waals surface area contributed by atoms with E-state index in [0.29, 0.717) is 6.54 Å².